The molecule has 3 N–H and O–H groups in total. The molecule has 0 unspecified atom stereocenters. The maximum absolute atomic E-state index is 11.5. The van der Waals surface area contributed by atoms with Crippen molar-refractivity contribution < 1.29 is 9.53 Å². The molecule has 0 saturated heterocycles. The van der Waals surface area contributed by atoms with Gasteiger partial charge in [0.2, 0.25) is 0 Å². The summed E-state index contributed by atoms with van der Waals surface area (Å²) in [6, 6.07) is 9.93. The Kier molecular flexibility index (Phi) is 4.98. The number of nitrogens with one attached hydrogen (secondary N) is 1. The molecule has 1 aromatic carbocycles. The monoisotopic (exact) mass is 304 g/mol. The second-order valence-corrected chi connectivity index (χ2v) is 6.43. The summed E-state index contributed by atoms with van der Waals surface area (Å²) in [5.74, 6) is 6.21. The number of carbonyl (C=O) groups excluding carboxylic acids is 1. The zero-order valence-corrected chi connectivity index (χ0v) is 13.3. The number of hydrogen-bond donors (Lipinski definition) is 2. The molecule has 0 aliphatic heterocycles. The van der Waals surface area contributed by atoms with Crippen molar-refractivity contribution in [2.24, 2.45) is 5.84 Å². The second kappa shape index (κ2) is 6.74. The molecular formula is C16H20N2O2S. The number of amides is 1. The van der Waals surface area contributed by atoms with E-state index in [0.29, 0.717) is 17.4 Å². The van der Waals surface area contributed by atoms with Gasteiger partial charge >= 0.3 is 0 Å². The number of thiophene rings is 1. The number of ether oxygens (including phenoxy) is 1. The molecule has 1 amide bonds. The van der Waals surface area contributed by atoms with Crippen LogP contribution in [-0.2, 0) is 6.61 Å². The Balaban J connectivity index is 2.02. The smallest absolute Gasteiger partial charge is 0.275 e. The Morgan fingerprint density at radius 2 is 2.00 bits per heavy atom. The average Bonchev–Trinajstić information content (AvgIpc) is 2.86. The van der Waals surface area contributed by atoms with Crippen LogP contribution in [0.5, 0.6) is 5.75 Å². The molecule has 0 aliphatic rings. The number of carbonyl (C=O) groups is 1. The first kappa shape index (κ1) is 15.5. The molecule has 0 aliphatic carbocycles. The lowest BCUT2D eigenvalue weighted by atomic mass is 10.0. The van der Waals surface area contributed by atoms with Crippen molar-refractivity contribution in [2.45, 2.75) is 33.3 Å². The molecule has 0 radical (unpaired) electrons. The molecule has 5 heteroatoms. The number of rotatable bonds is 5. The van der Waals surface area contributed by atoms with E-state index in [1.807, 2.05) is 25.1 Å². The highest BCUT2D eigenvalue weighted by Gasteiger charge is 2.11. The topological polar surface area (TPSA) is 64.4 Å². The van der Waals surface area contributed by atoms with E-state index in [9.17, 15) is 4.79 Å². The van der Waals surface area contributed by atoms with Crippen LogP contribution in [0.15, 0.2) is 30.3 Å². The fraction of sp³-hybridized carbons (Fsp3) is 0.312. The van der Waals surface area contributed by atoms with Gasteiger partial charge in [-0.15, -0.1) is 11.3 Å². The van der Waals surface area contributed by atoms with Crippen LogP contribution in [0.1, 0.15) is 45.4 Å². The van der Waals surface area contributed by atoms with Gasteiger partial charge in [0, 0.05) is 10.4 Å². The molecule has 1 aromatic heterocycles. The van der Waals surface area contributed by atoms with Gasteiger partial charge in [0.1, 0.15) is 12.4 Å². The summed E-state index contributed by atoms with van der Waals surface area (Å²) < 4.78 is 5.78. The Labute approximate surface area is 128 Å². The minimum Gasteiger partial charge on any atom is -0.489 e. The Hall–Kier alpha value is -1.85. The van der Waals surface area contributed by atoms with E-state index >= 15 is 0 Å². The van der Waals surface area contributed by atoms with E-state index < -0.39 is 0 Å². The molecule has 0 atom stereocenters. The summed E-state index contributed by atoms with van der Waals surface area (Å²) in [7, 11) is 0. The van der Waals surface area contributed by atoms with Crippen LogP contribution in [0.3, 0.4) is 0 Å². The molecule has 0 fully saturated rings. The maximum Gasteiger partial charge on any atom is 0.275 e. The van der Waals surface area contributed by atoms with E-state index in [1.54, 1.807) is 0 Å². The molecule has 0 saturated carbocycles. The standard InChI is InChI=1S/C16H20N2O2S/c1-10(2)12-4-6-14(7-5-12)20-9-13-8-15(16(19)18-17)21-11(13)3/h4-8,10H,9,17H2,1-3H3,(H,18,19). The van der Waals surface area contributed by atoms with Gasteiger partial charge in [-0.05, 0) is 36.6 Å². The summed E-state index contributed by atoms with van der Waals surface area (Å²) >= 11 is 1.42. The van der Waals surface area contributed by atoms with Crippen LogP contribution in [0.25, 0.3) is 0 Å². The SMILES string of the molecule is Cc1sc(C(=O)NN)cc1COc1ccc(C(C)C)cc1. The van der Waals surface area contributed by atoms with Crippen molar-refractivity contribution in [2.75, 3.05) is 0 Å². The number of hydrogen-bond acceptors (Lipinski definition) is 4. The zero-order chi connectivity index (χ0) is 15.4. The third-order valence-corrected chi connectivity index (χ3v) is 4.41. The molecule has 1 heterocycles. The number of benzene rings is 1. The van der Waals surface area contributed by atoms with Crippen molar-refractivity contribution in [1.82, 2.24) is 5.43 Å². The third-order valence-electron chi connectivity index (χ3n) is 3.32. The highest BCUT2D eigenvalue weighted by molar-refractivity contribution is 7.14. The summed E-state index contributed by atoms with van der Waals surface area (Å²) in [6.45, 7) is 6.74. The van der Waals surface area contributed by atoms with Crippen LogP contribution in [0.4, 0.5) is 0 Å². The first-order valence-electron chi connectivity index (χ1n) is 6.84. The van der Waals surface area contributed by atoms with Gasteiger partial charge in [-0.1, -0.05) is 26.0 Å². The molecular weight excluding hydrogens is 284 g/mol. The highest BCUT2D eigenvalue weighted by atomic mass is 32.1. The van der Waals surface area contributed by atoms with Gasteiger partial charge < -0.3 is 4.74 Å². The van der Waals surface area contributed by atoms with Gasteiger partial charge in [-0.3, -0.25) is 10.2 Å². The first-order chi connectivity index (χ1) is 10.0. The molecule has 0 spiro atoms. The lowest BCUT2D eigenvalue weighted by Crippen LogP contribution is -2.29. The quantitative estimate of drug-likeness (QED) is 0.506. The van der Waals surface area contributed by atoms with Crippen molar-refractivity contribution in [3.05, 3.63) is 51.2 Å². The average molecular weight is 304 g/mol. The summed E-state index contributed by atoms with van der Waals surface area (Å²) in [5.41, 5.74) is 4.44. The first-order valence-corrected chi connectivity index (χ1v) is 7.66. The van der Waals surface area contributed by atoms with Crippen molar-refractivity contribution in [1.29, 1.82) is 0 Å². The number of nitrogen functional groups attached to an aromatic ring is 1. The predicted molar refractivity (Wildman–Crippen MR) is 85.6 cm³/mol. The van der Waals surface area contributed by atoms with E-state index in [1.165, 1.54) is 16.9 Å². The molecule has 0 bridgehead atoms. The summed E-state index contributed by atoms with van der Waals surface area (Å²) in [5, 5.41) is 0. The minimum absolute atomic E-state index is 0.268. The Morgan fingerprint density at radius 1 is 1.33 bits per heavy atom. The number of aryl methyl sites for hydroxylation is 1. The lowest BCUT2D eigenvalue weighted by molar-refractivity contribution is 0.0957. The van der Waals surface area contributed by atoms with Gasteiger partial charge in [-0.2, -0.15) is 0 Å². The number of nitrogens with two attached hydrogens (primary N) is 1. The van der Waals surface area contributed by atoms with Gasteiger partial charge in [-0.25, -0.2) is 5.84 Å². The molecule has 4 nitrogen and oxygen atoms in total. The minimum atomic E-state index is -0.268. The van der Waals surface area contributed by atoms with E-state index in [4.69, 9.17) is 10.6 Å². The molecule has 21 heavy (non-hydrogen) atoms. The van der Waals surface area contributed by atoms with Crippen LogP contribution >= 0.6 is 11.3 Å². The summed E-state index contributed by atoms with van der Waals surface area (Å²) in [6.07, 6.45) is 0. The fourth-order valence-electron chi connectivity index (χ4n) is 1.96. The molecule has 2 rings (SSSR count). The van der Waals surface area contributed by atoms with Crippen molar-refractivity contribution >= 4 is 17.2 Å². The Morgan fingerprint density at radius 3 is 2.57 bits per heavy atom. The lowest BCUT2D eigenvalue weighted by Gasteiger charge is -2.08. The fourth-order valence-corrected chi connectivity index (χ4v) is 2.89. The van der Waals surface area contributed by atoms with E-state index in [2.05, 4.69) is 31.4 Å². The predicted octanol–water partition coefficient (Wildman–Crippen LogP) is 3.36. The zero-order valence-electron chi connectivity index (χ0n) is 12.5. The van der Waals surface area contributed by atoms with Crippen molar-refractivity contribution in [3.8, 4) is 5.75 Å². The van der Waals surface area contributed by atoms with Crippen LogP contribution in [0, 0.1) is 6.92 Å². The van der Waals surface area contributed by atoms with Crippen LogP contribution in [0.2, 0.25) is 0 Å². The van der Waals surface area contributed by atoms with Gasteiger partial charge in [0.15, 0.2) is 0 Å². The molecule has 112 valence electrons. The maximum atomic E-state index is 11.5. The second-order valence-electron chi connectivity index (χ2n) is 5.18. The van der Waals surface area contributed by atoms with Gasteiger partial charge in [0.05, 0.1) is 4.88 Å². The van der Waals surface area contributed by atoms with Crippen molar-refractivity contribution in [3.63, 3.8) is 0 Å². The Bertz CT molecular complexity index is 618. The van der Waals surface area contributed by atoms with Crippen LogP contribution < -0.4 is 16.0 Å². The largest absolute Gasteiger partial charge is 0.489 e. The normalized spacial score (nSPS) is 10.7. The third kappa shape index (κ3) is 3.83. The summed E-state index contributed by atoms with van der Waals surface area (Å²) in [4.78, 5) is 13.2. The highest BCUT2D eigenvalue weighted by Crippen LogP contribution is 2.24. The van der Waals surface area contributed by atoms with E-state index in [0.717, 1.165) is 16.2 Å². The molecule has 2 aromatic rings. The van der Waals surface area contributed by atoms with E-state index in [-0.39, 0.29) is 5.91 Å². The van der Waals surface area contributed by atoms with Crippen LogP contribution in [-0.4, -0.2) is 5.91 Å². The van der Waals surface area contributed by atoms with Gasteiger partial charge in [0.25, 0.3) is 5.91 Å². The number of hydrazine groups is 1.